The normalized spacial score (nSPS) is 20.2. The van der Waals surface area contributed by atoms with Crippen molar-refractivity contribution in [2.45, 2.75) is 62.3 Å². The molecule has 2 N–H and O–H groups in total. The van der Waals surface area contributed by atoms with Crippen LogP contribution in [0.25, 0.3) is 10.3 Å². The fraction of sp³-hybridized carbons (Fsp3) is 0.684. The largest absolute Gasteiger partial charge is 0.468 e. The highest BCUT2D eigenvalue weighted by molar-refractivity contribution is 7.20. The maximum absolute atomic E-state index is 12.6. The lowest BCUT2D eigenvalue weighted by atomic mass is 10.1. The second kappa shape index (κ2) is 8.32. The Morgan fingerprint density at radius 2 is 2.04 bits per heavy atom. The molecule has 6 nitrogen and oxygen atoms in total. The van der Waals surface area contributed by atoms with E-state index in [1.54, 1.807) is 7.11 Å². The van der Waals surface area contributed by atoms with Gasteiger partial charge in [0, 0.05) is 13.2 Å². The number of hydrogen-bond acceptors (Lipinski definition) is 5. The number of ether oxygens (including phenoxy) is 2. The van der Waals surface area contributed by atoms with Crippen LogP contribution in [0.5, 0.6) is 5.19 Å². The fourth-order valence-corrected chi connectivity index (χ4v) is 10.9. The van der Waals surface area contributed by atoms with Gasteiger partial charge in [-0.25, -0.2) is 0 Å². The quantitative estimate of drug-likeness (QED) is 0.556. The molecule has 2 saturated heterocycles. The van der Waals surface area contributed by atoms with Crippen LogP contribution in [-0.4, -0.2) is 50.3 Å². The minimum Gasteiger partial charge on any atom is -0.468 e. The third kappa shape index (κ3) is 4.38. The summed E-state index contributed by atoms with van der Waals surface area (Å²) in [5, 5.41) is 3.85. The number of methoxy groups -OCH3 is 1. The van der Waals surface area contributed by atoms with Gasteiger partial charge >= 0.3 is 0 Å². The van der Waals surface area contributed by atoms with E-state index in [0.29, 0.717) is 30.1 Å². The van der Waals surface area contributed by atoms with Gasteiger partial charge in [-0.15, -0.1) is 0 Å². The number of hydrogen-bond donors (Lipinski definition) is 2. The Kier molecular flexibility index (Phi) is 5.84. The molecule has 2 aromatic heterocycles. The van der Waals surface area contributed by atoms with Crippen molar-refractivity contribution < 1.29 is 14.3 Å². The first kappa shape index (κ1) is 19.0. The Balaban J connectivity index is 1.31. The lowest BCUT2D eigenvalue weighted by molar-refractivity contribution is 0.0929. The molecule has 0 saturated carbocycles. The molecule has 4 rings (SSSR count). The van der Waals surface area contributed by atoms with Crippen molar-refractivity contribution >= 4 is 35.7 Å². The summed E-state index contributed by atoms with van der Waals surface area (Å²) in [5.74, 6) is -0.00619. The van der Waals surface area contributed by atoms with Gasteiger partial charge in [-0.3, -0.25) is 4.79 Å². The zero-order chi connectivity index (χ0) is 18.7. The average Bonchev–Trinajstić information content (AvgIpc) is 3.24. The van der Waals surface area contributed by atoms with Gasteiger partial charge in [-0.2, -0.15) is 4.98 Å². The predicted molar refractivity (Wildman–Crippen MR) is 111 cm³/mol. The fourth-order valence-electron chi connectivity index (χ4n) is 4.63. The summed E-state index contributed by atoms with van der Waals surface area (Å²) in [5.41, 5.74) is 1.32. The van der Waals surface area contributed by atoms with Gasteiger partial charge in [0.25, 0.3) is 11.1 Å². The third-order valence-corrected chi connectivity index (χ3v) is 12.7. The Hall–Kier alpha value is -1.38. The summed E-state index contributed by atoms with van der Waals surface area (Å²) >= 11 is 1.45. The Morgan fingerprint density at radius 1 is 1.26 bits per heavy atom. The molecule has 148 valence electrons. The van der Waals surface area contributed by atoms with Crippen LogP contribution < -0.4 is 10.1 Å². The van der Waals surface area contributed by atoms with Crippen LogP contribution in [0.1, 0.15) is 42.6 Å². The summed E-state index contributed by atoms with van der Waals surface area (Å²) in [6, 6.07) is 8.08. The van der Waals surface area contributed by atoms with E-state index in [0.717, 1.165) is 10.3 Å². The van der Waals surface area contributed by atoms with Crippen molar-refractivity contribution in [2.75, 3.05) is 20.3 Å². The molecule has 4 heterocycles. The van der Waals surface area contributed by atoms with Crippen molar-refractivity contribution in [3.63, 3.8) is 0 Å². The smallest absolute Gasteiger partial charge is 0.275 e. The minimum atomic E-state index is -0.968. The van der Waals surface area contributed by atoms with Crippen molar-refractivity contribution in [1.29, 1.82) is 0 Å². The molecular formula is C19H29N3O3SSi. The molecule has 1 amide bonds. The number of fused-ring (bicyclic) bond motifs is 1. The molecule has 0 atom stereocenters. The number of aromatic amines is 1. The van der Waals surface area contributed by atoms with Crippen LogP contribution >= 0.6 is 11.3 Å². The van der Waals surface area contributed by atoms with Gasteiger partial charge < -0.3 is 19.8 Å². The molecular weight excluding hydrogens is 378 g/mol. The number of thiazole rings is 1. The number of amides is 1. The SMILES string of the molecule is COCCOc1nc2[nH]c(C(=O)NC3CC[Si]4(CCCCC4)CC3)cc2s1. The molecule has 2 fully saturated rings. The summed E-state index contributed by atoms with van der Waals surface area (Å²) in [7, 11) is 0.675. The van der Waals surface area contributed by atoms with Crippen LogP contribution in [0.2, 0.25) is 24.2 Å². The minimum absolute atomic E-state index is 0.00619. The topological polar surface area (TPSA) is 76.2 Å². The lowest BCUT2D eigenvalue weighted by Crippen LogP contribution is -2.46. The Labute approximate surface area is 165 Å². The van der Waals surface area contributed by atoms with E-state index < -0.39 is 8.07 Å². The number of nitrogens with zero attached hydrogens (tertiary/aromatic N) is 1. The van der Waals surface area contributed by atoms with Gasteiger partial charge in [-0.1, -0.05) is 54.8 Å². The van der Waals surface area contributed by atoms with Crippen molar-refractivity contribution in [1.82, 2.24) is 15.3 Å². The van der Waals surface area contributed by atoms with Crippen LogP contribution in [0, 0.1) is 0 Å². The first-order valence-electron chi connectivity index (χ1n) is 10.1. The van der Waals surface area contributed by atoms with Crippen LogP contribution in [-0.2, 0) is 4.74 Å². The first-order chi connectivity index (χ1) is 13.2. The number of nitrogens with one attached hydrogen (secondary N) is 2. The Morgan fingerprint density at radius 3 is 2.74 bits per heavy atom. The molecule has 2 aromatic rings. The van der Waals surface area contributed by atoms with Crippen molar-refractivity contribution in [3.05, 3.63) is 11.8 Å². The molecule has 0 aliphatic carbocycles. The number of H-pyrrole nitrogens is 1. The number of carbonyl (C=O) groups is 1. The van der Waals surface area contributed by atoms with Gasteiger partial charge in [0.15, 0.2) is 5.65 Å². The zero-order valence-corrected chi connectivity index (χ0v) is 17.8. The van der Waals surface area contributed by atoms with E-state index in [2.05, 4.69) is 15.3 Å². The summed E-state index contributed by atoms with van der Waals surface area (Å²) in [6.07, 6.45) is 6.68. The summed E-state index contributed by atoms with van der Waals surface area (Å²) in [6.45, 7) is 1.01. The maximum atomic E-state index is 12.6. The first-order valence-corrected chi connectivity index (χ1v) is 13.7. The van der Waals surface area contributed by atoms with Gasteiger partial charge in [0.2, 0.25) is 0 Å². The maximum Gasteiger partial charge on any atom is 0.275 e. The molecule has 0 unspecified atom stereocenters. The average molecular weight is 408 g/mol. The number of aromatic nitrogens is 2. The van der Waals surface area contributed by atoms with E-state index in [1.165, 1.54) is 67.6 Å². The third-order valence-electron chi connectivity index (χ3n) is 6.22. The van der Waals surface area contributed by atoms with Gasteiger partial charge in [0.1, 0.15) is 12.3 Å². The highest BCUT2D eigenvalue weighted by Gasteiger charge is 2.38. The van der Waals surface area contributed by atoms with E-state index in [4.69, 9.17) is 9.47 Å². The monoisotopic (exact) mass is 407 g/mol. The molecule has 27 heavy (non-hydrogen) atoms. The van der Waals surface area contributed by atoms with Gasteiger partial charge in [-0.05, 0) is 18.9 Å². The molecule has 2 aliphatic heterocycles. The molecule has 2 aliphatic rings. The lowest BCUT2D eigenvalue weighted by Gasteiger charge is -2.41. The molecule has 0 bridgehead atoms. The molecule has 0 aromatic carbocycles. The van der Waals surface area contributed by atoms with Crippen LogP contribution in [0.4, 0.5) is 0 Å². The van der Waals surface area contributed by atoms with Crippen molar-refractivity contribution in [2.24, 2.45) is 0 Å². The zero-order valence-electron chi connectivity index (χ0n) is 16.0. The number of carbonyl (C=O) groups excluding carboxylic acids is 1. The Bertz CT molecular complexity index is 743. The number of rotatable bonds is 6. The second-order valence-corrected chi connectivity index (χ2v) is 14.0. The highest BCUT2D eigenvalue weighted by Crippen LogP contribution is 2.41. The summed E-state index contributed by atoms with van der Waals surface area (Å²) < 4.78 is 11.5. The van der Waals surface area contributed by atoms with E-state index in [9.17, 15) is 4.79 Å². The van der Waals surface area contributed by atoms with Crippen molar-refractivity contribution in [3.8, 4) is 5.19 Å². The molecule has 0 radical (unpaired) electrons. The predicted octanol–water partition coefficient (Wildman–Crippen LogP) is 4.17. The second-order valence-electron chi connectivity index (χ2n) is 8.03. The summed E-state index contributed by atoms with van der Waals surface area (Å²) in [4.78, 5) is 20.2. The highest BCUT2D eigenvalue weighted by atomic mass is 32.1. The van der Waals surface area contributed by atoms with Crippen LogP contribution in [0.3, 0.4) is 0 Å². The molecule has 1 spiro atoms. The van der Waals surface area contributed by atoms with E-state index in [-0.39, 0.29) is 5.91 Å². The van der Waals surface area contributed by atoms with Gasteiger partial charge in [0.05, 0.1) is 19.4 Å². The van der Waals surface area contributed by atoms with E-state index in [1.807, 2.05) is 6.07 Å². The standard InChI is InChI=1S/C19H29N3O3SSi/c1-24-7-8-25-19-22-17-16(26-19)13-15(21-17)18(23)20-14-5-11-27(12-6-14)9-3-2-4-10-27/h13-14,21H,2-12H2,1H3,(H,20,23). The van der Waals surface area contributed by atoms with E-state index >= 15 is 0 Å². The van der Waals surface area contributed by atoms with Crippen LogP contribution in [0.15, 0.2) is 6.07 Å². The molecule has 8 heteroatoms.